The number of rotatable bonds is 0. The Labute approximate surface area is 611 Å². The molecule has 528 valence electrons. The van der Waals surface area contributed by atoms with E-state index in [0.717, 1.165) is 0 Å². The average Bonchev–Trinajstić information content (AvgIpc) is 1.64. The third kappa shape index (κ3) is 19.1. The second-order valence-corrected chi connectivity index (χ2v) is 23.5. The van der Waals surface area contributed by atoms with Crippen molar-refractivity contribution in [2.45, 2.75) is 187 Å². The minimum atomic E-state index is 1.30. The van der Waals surface area contributed by atoms with Crippen molar-refractivity contribution in [1.82, 2.24) is 4.57 Å². The lowest BCUT2D eigenvalue weighted by Gasteiger charge is -2.14. The van der Waals surface area contributed by atoms with Gasteiger partial charge in [0.25, 0.3) is 0 Å². The summed E-state index contributed by atoms with van der Waals surface area (Å²) in [6.07, 6.45) is 0. The van der Waals surface area contributed by atoms with Gasteiger partial charge in [0.15, 0.2) is 0 Å². The van der Waals surface area contributed by atoms with Gasteiger partial charge in [-0.25, -0.2) is 0 Å². The van der Waals surface area contributed by atoms with Crippen LogP contribution >= 0.6 is 0 Å². The van der Waals surface area contributed by atoms with E-state index in [2.05, 4.69) is 311 Å². The van der Waals surface area contributed by atoms with Crippen LogP contribution in [0, 0.1) is 62.3 Å². The Kier molecular flexibility index (Phi) is 34.8. The van der Waals surface area contributed by atoms with Crippen molar-refractivity contribution in [3.63, 3.8) is 0 Å². The lowest BCUT2D eigenvalue weighted by atomic mass is 9.90. The van der Waals surface area contributed by atoms with Crippen molar-refractivity contribution in [1.29, 1.82) is 0 Å². The summed E-state index contributed by atoms with van der Waals surface area (Å²) in [5, 5.41) is 30.1. The predicted octanol–water partition coefficient (Wildman–Crippen LogP) is 32.5. The topological polar surface area (TPSA) is 4.93 Å². The maximum atomic E-state index is 2.33. The van der Waals surface area contributed by atoms with Gasteiger partial charge in [-0.05, 0) is 221 Å². The van der Waals surface area contributed by atoms with Gasteiger partial charge >= 0.3 is 0 Å². The van der Waals surface area contributed by atoms with E-state index in [1.54, 1.807) is 0 Å². The minimum absolute atomic E-state index is 1.30. The fraction of sp³-hybridized carbons (Fsp3) is 0.280. The summed E-state index contributed by atoms with van der Waals surface area (Å²) in [5.41, 5.74) is 14.7. The fourth-order valence-electron chi connectivity index (χ4n) is 13.4. The zero-order valence-corrected chi connectivity index (χ0v) is 67.5. The van der Waals surface area contributed by atoms with Crippen LogP contribution in [0.25, 0.3) is 130 Å². The molecular weight excluding hydrogens is 1220 g/mol. The smallest absolute Gasteiger partial charge is 0.0491 e. The van der Waals surface area contributed by atoms with E-state index < -0.39 is 0 Å². The van der Waals surface area contributed by atoms with Crippen LogP contribution in [0.15, 0.2) is 237 Å². The number of aryl methyl sites for hydroxylation is 10. The molecule has 0 radical (unpaired) electrons. The molecule has 0 aliphatic carbocycles. The van der Waals surface area contributed by atoms with Crippen molar-refractivity contribution >= 4 is 130 Å². The van der Waals surface area contributed by atoms with Crippen LogP contribution in [0.2, 0.25) is 0 Å². The van der Waals surface area contributed by atoms with E-state index in [1.165, 1.54) is 180 Å². The molecule has 1 aromatic heterocycles. The van der Waals surface area contributed by atoms with Crippen molar-refractivity contribution in [3.8, 4) is 0 Å². The number of nitrogens with zero attached hydrogens (tertiary/aromatic N) is 1. The van der Waals surface area contributed by atoms with Crippen LogP contribution < -0.4 is 0 Å². The molecule has 0 saturated heterocycles. The molecule has 0 aliphatic rings. The summed E-state index contributed by atoms with van der Waals surface area (Å²) >= 11 is 0. The number of para-hydroxylation sites is 1. The molecule has 0 atom stereocenters. The van der Waals surface area contributed by atoms with Crippen molar-refractivity contribution in [2.75, 3.05) is 0 Å². The molecule has 0 saturated carbocycles. The van der Waals surface area contributed by atoms with Gasteiger partial charge in [-0.15, -0.1) is 0 Å². The largest absolute Gasteiger partial charge is 0.344 e. The molecule has 0 bridgehead atoms. The number of benzene rings is 16. The molecule has 0 amide bonds. The first kappa shape index (κ1) is 83.9. The Morgan fingerprint density at radius 2 is 0.475 bits per heavy atom. The maximum Gasteiger partial charge on any atom is 0.0491 e. The highest BCUT2D eigenvalue weighted by Crippen LogP contribution is 2.40. The van der Waals surface area contributed by atoms with Crippen LogP contribution in [0.4, 0.5) is 0 Å². The van der Waals surface area contributed by atoms with Gasteiger partial charge in [0.2, 0.25) is 0 Å². The highest BCUT2D eigenvalue weighted by molar-refractivity contribution is 6.25. The molecule has 101 heavy (non-hydrogen) atoms. The van der Waals surface area contributed by atoms with Crippen LogP contribution in [0.5, 0.6) is 0 Å². The van der Waals surface area contributed by atoms with E-state index in [9.17, 15) is 0 Å². The fourth-order valence-corrected chi connectivity index (χ4v) is 13.4. The van der Waals surface area contributed by atoms with Gasteiger partial charge in [0.1, 0.15) is 0 Å². The standard InChI is InChI=1S/C20H16.2C18H14.C14H13N.C12H12.9C2H6/c1-13-11-19-18-10-6-4-8-16(18)14(2)12-20(19)17-9-5-3-7-15(13)17;1-11-7-13-3-5-15-9-12(2)10-16-6-4-14(8-11)17(13)18(15)16;1-11-6-7-14-10-12(2)15-5-3-4-13-8-9-16(11)18(14)17(13)15;1-10-7-8-12-11-5-3-4-6-13(11)15(2)14(12)9-10;1-9-3-5-11-6-4-10(2)8-12(11)7-9;9*1-2/h3-12H,1-2H3;2*3-10H,1-2H3;3-9H,1-2H3;3-8H,1-2H3;9*1-2H3. The van der Waals surface area contributed by atoms with Gasteiger partial charge in [0, 0.05) is 28.9 Å². The highest BCUT2D eigenvalue weighted by Gasteiger charge is 2.13. The van der Waals surface area contributed by atoms with Gasteiger partial charge in [-0.1, -0.05) is 360 Å². The molecule has 0 fully saturated rings. The first-order chi connectivity index (χ1) is 49.3. The quantitative estimate of drug-likeness (QED) is 0.133. The molecule has 0 spiro atoms. The van der Waals surface area contributed by atoms with E-state index >= 15 is 0 Å². The first-order valence-corrected chi connectivity index (χ1v) is 38.3. The van der Waals surface area contributed by atoms with Crippen LogP contribution in [0.1, 0.15) is 175 Å². The van der Waals surface area contributed by atoms with Gasteiger partial charge < -0.3 is 4.57 Å². The van der Waals surface area contributed by atoms with Gasteiger partial charge in [-0.2, -0.15) is 0 Å². The Hall–Kier alpha value is -9.56. The summed E-state index contributed by atoms with van der Waals surface area (Å²) in [5.74, 6) is 0. The van der Waals surface area contributed by atoms with Gasteiger partial charge in [-0.3, -0.25) is 0 Å². The molecule has 0 aliphatic heterocycles. The zero-order valence-electron chi connectivity index (χ0n) is 67.5. The molecule has 1 nitrogen and oxygen atoms in total. The number of hydrogen-bond acceptors (Lipinski definition) is 0. The molecule has 0 N–H and O–H groups in total. The minimum Gasteiger partial charge on any atom is -0.344 e. The molecule has 1 heterocycles. The Morgan fingerprint density at radius 3 is 0.941 bits per heavy atom. The van der Waals surface area contributed by atoms with Crippen molar-refractivity contribution in [3.05, 3.63) is 287 Å². The zero-order chi connectivity index (χ0) is 75.2. The normalized spacial score (nSPS) is 9.98. The van der Waals surface area contributed by atoms with E-state index in [-0.39, 0.29) is 0 Å². The SMILES string of the molecule is CC.CC.CC.CC.CC.CC.CC.CC.CC.Cc1cc2c3ccccc3c(C)cc2c2ccccc12.Cc1cc2ccc(C)c3ccc4cccc1c4c23.Cc1cc2ccc3cc(C)cc4ccc(c1)c2c34.Cc1ccc2c3ccccc3n(C)c2c1.Cc1ccc2ccc(C)cc2c1. The molecule has 16 aromatic carbocycles. The summed E-state index contributed by atoms with van der Waals surface area (Å²) in [6.45, 7) is 55.5. The lowest BCUT2D eigenvalue weighted by Crippen LogP contribution is -1.88. The molecular formula is C100H123N. The summed E-state index contributed by atoms with van der Waals surface area (Å²) in [7, 11) is 2.13. The number of aromatic nitrogens is 1. The van der Waals surface area contributed by atoms with Crippen molar-refractivity contribution in [2.24, 2.45) is 7.05 Å². The summed E-state index contributed by atoms with van der Waals surface area (Å²) in [4.78, 5) is 0. The van der Waals surface area contributed by atoms with E-state index in [0.29, 0.717) is 0 Å². The molecule has 17 aromatic rings. The Morgan fingerprint density at radius 1 is 0.168 bits per heavy atom. The Balaban J connectivity index is 0.000000255. The summed E-state index contributed by atoms with van der Waals surface area (Å²) < 4.78 is 2.26. The lowest BCUT2D eigenvalue weighted by molar-refractivity contribution is 1.01. The molecule has 17 rings (SSSR count). The van der Waals surface area contributed by atoms with Crippen LogP contribution in [0.3, 0.4) is 0 Å². The highest BCUT2D eigenvalue weighted by atomic mass is 14.9. The van der Waals surface area contributed by atoms with E-state index in [1.807, 2.05) is 125 Å². The monoisotopic (exact) mass is 1340 g/mol. The number of fused-ring (bicyclic) bond motifs is 9. The van der Waals surface area contributed by atoms with Gasteiger partial charge in [0.05, 0.1) is 0 Å². The second-order valence-electron chi connectivity index (χ2n) is 23.5. The van der Waals surface area contributed by atoms with Crippen LogP contribution in [-0.4, -0.2) is 4.57 Å². The average molecular weight is 1340 g/mol. The van der Waals surface area contributed by atoms with E-state index in [4.69, 9.17) is 0 Å². The third-order valence-corrected chi connectivity index (χ3v) is 17.4. The third-order valence-electron chi connectivity index (χ3n) is 17.4. The number of hydrogen-bond donors (Lipinski definition) is 0. The van der Waals surface area contributed by atoms with Crippen molar-refractivity contribution < 1.29 is 0 Å². The molecule has 1 heteroatoms. The molecule has 0 unspecified atom stereocenters. The first-order valence-electron chi connectivity index (χ1n) is 38.3. The summed E-state index contributed by atoms with van der Waals surface area (Å²) in [6, 6.07) is 86.3. The Bertz CT molecular complexity index is 5060. The predicted molar refractivity (Wildman–Crippen MR) is 468 cm³/mol. The van der Waals surface area contributed by atoms with Crippen LogP contribution in [-0.2, 0) is 7.05 Å². The maximum absolute atomic E-state index is 2.33. The second kappa shape index (κ2) is 41.9.